The monoisotopic (exact) mass is 281 g/mol. The minimum absolute atomic E-state index is 0.0379. The molecule has 19 heavy (non-hydrogen) atoms. The molecule has 2 rings (SSSR count). The van der Waals surface area contributed by atoms with E-state index in [1.54, 1.807) is 0 Å². The molecule has 1 aliphatic rings. The molecule has 0 saturated heterocycles. The Morgan fingerprint density at radius 3 is 2.68 bits per heavy atom. The predicted octanol–water partition coefficient (Wildman–Crippen LogP) is 2.64. The second kappa shape index (κ2) is 6.48. The number of carbonyl (C=O) groups excluding carboxylic acids is 1. The number of nitrogens with zero attached hydrogens (tertiary/aromatic N) is 2. The van der Waals surface area contributed by atoms with Crippen molar-refractivity contribution in [2.45, 2.75) is 51.6 Å². The van der Waals surface area contributed by atoms with Gasteiger partial charge in [0.1, 0.15) is 10.7 Å². The van der Waals surface area contributed by atoms with Crippen molar-refractivity contribution in [2.75, 3.05) is 7.05 Å². The lowest BCUT2D eigenvalue weighted by atomic mass is 9.84. The molecule has 1 saturated carbocycles. The second-order valence-electron chi connectivity index (χ2n) is 5.33. The molecule has 106 valence electrons. The summed E-state index contributed by atoms with van der Waals surface area (Å²) in [5, 5.41) is 2.64. The summed E-state index contributed by atoms with van der Waals surface area (Å²) >= 11 is 1.46. The molecular weight excluding hydrogens is 258 g/mol. The van der Waals surface area contributed by atoms with Crippen LogP contribution in [0.5, 0.6) is 0 Å². The minimum atomic E-state index is 0.0379. The van der Waals surface area contributed by atoms with Crippen LogP contribution < -0.4 is 5.73 Å². The van der Waals surface area contributed by atoms with Crippen molar-refractivity contribution < 1.29 is 4.79 Å². The topological polar surface area (TPSA) is 59.2 Å². The molecule has 1 aliphatic carbocycles. The average Bonchev–Trinajstić information content (AvgIpc) is 2.94. The number of aromatic nitrogens is 1. The Labute approximate surface area is 119 Å². The van der Waals surface area contributed by atoms with Gasteiger partial charge in [0.05, 0.1) is 0 Å². The Hall–Kier alpha value is -0.940. The highest BCUT2D eigenvalue weighted by atomic mass is 32.1. The molecule has 2 N–H and O–H groups in total. The van der Waals surface area contributed by atoms with Crippen molar-refractivity contribution in [2.24, 2.45) is 11.7 Å². The standard InChI is InChI=1S/C14H23N3OS/c1-3-10-4-6-11(7-5-10)17(2)14(18)12-9-19-13(8-15)16-12/h9-11H,3-8,15H2,1-2H3. The molecule has 1 fully saturated rings. The molecule has 5 heteroatoms. The van der Waals surface area contributed by atoms with Crippen molar-refractivity contribution in [3.63, 3.8) is 0 Å². The van der Waals surface area contributed by atoms with Crippen LogP contribution in [0.1, 0.15) is 54.5 Å². The summed E-state index contributed by atoms with van der Waals surface area (Å²) in [5.74, 6) is 0.888. The predicted molar refractivity (Wildman–Crippen MR) is 78.1 cm³/mol. The minimum Gasteiger partial charge on any atom is -0.337 e. The van der Waals surface area contributed by atoms with Crippen LogP contribution in [0.3, 0.4) is 0 Å². The quantitative estimate of drug-likeness (QED) is 0.923. The highest BCUT2D eigenvalue weighted by Crippen LogP contribution is 2.29. The van der Waals surface area contributed by atoms with E-state index in [2.05, 4.69) is 11.9 Å². The summed E-state index contributed by atoms with van der Waals surface area (Å²) < 4.78 is 0. The lowest BCUT2D eigenvalue weighted by Gasteiger charge is -2.34. The summed E-state index contributed by atoms with van der Waals surface area (Å²) in [6, 6.07) is 0.373. The maximum atomic E-state index is 12.4. The van der Waals surface area contributed by atoms with Crippen molar-refractivity contribution in [1.29, 1.82) is 0 Å². The molecule has 4 nitrogen and oxygen atoms in total. The van der Waals surface area contributed by atoms with Gasteiger partial charge < -0.3 is 10.6 Å². The van der Waals surface area contributed by atoms with Gasteiger partial charge in [-0.3, -0.25) is 4.79 Å². The molecule has 1 heterocycles. The Morgan fingerprint density at radius 1 is 1.47 bits per heavy atom. The van der Waals surface area contributed by atoms with Gasteiger partial charge >= 0.3 is 0 Å². The second-order valence-corrected chi connectivity index (χ2v) is 6.27. The molecule has 0 unspecified atom stereocenters. The van der Waals surface area contributed by atoms with Gasteiger partial charge in [0.15, 0.2) is 0 Å². The Balaban J connectivity index is 1.95. The molecule has 0 aliphatic heterocycles. The summed E-state index contributed by atoms with van der Waals surface area (Å²) in [6.07, 6.45) is 5.98. The number of hydrogen-bond donors (Lipinski definition) is 1. The number of nitrogens with two attached hydrogens (primary N) is 1. The highest BCUT2D eigenvalue weighted by molar-refractivity contribution is 7.09. The fraction of sp³-hybridized carbons (Fsp3) is 0.714. The number of amides is 1. The van der Waals surface area contributed by atoms with Crippen LogP contribution in [0, 0.1) is 5.92 Å². The third kappa shape index (κ3) is 3.34. The Kier molecular flexibility index (Phi) is 4.93. The first kappa shape index (κ1) is 14.5. The van der Waals surface area contributed by atoms with E-state index in [0.717, 1.165) is 23.8 Å². The van der Waals surface area contributed by atoms with Crippen LogP contribution >= 0.6 is 11.3 Å². The van der Waals surface area contributed by atoms with Gasteiger partial charge in [-0.15, -0.1) is 11.3 Å². The largest absolute Gasteiger partial charge is 0.337 e. The lowest BCUT2D eigenvalue weighted by molar-refractivity contribution is 0.0669. The van der Waals surface area contributed by atoms with Gasteiger partial charge in [-0.2, -0.15) is 0 Å². The van der Waals surface area contributed by atoms with E-state index in [-0.39, 0.29) is 5.91 Å². The number of hydrogen-bond acceptors (Lipinski definition) is 4. The third-order valence-corrected chi connectivity index (χ3v) is 5.08. The number of rotatable bonds is 4. The van der Waals surface area contributed by atoms with E-state index in [9.17, 15) is 4.79 Å². The zero-order valence-electron chi connectivity index (χ0n) is 11.8. The lowest BCUT2D eigenvalue weighted by Crippen LogP contribution is -2.39. The van der Waals surface area contributed by atoms with Crippen LogP contribution in [-0.4, -0.2) is 28.9 Å². The van der Waals surface area contributed by atoms with Gasteiger partial charge in [-0.05, 0) is 31.6 Å². The van der Waals surface area contributed by atoms with E-state index in [4.69, 9.17) is 5.73 Å². The van der Waals surface area contributed by atoms with E-state index in [0.29, 0.717) is 18.3 Å². The zero-order valence-corrected chi connectivity index (χ0v) is 12.6. The van der Waals surface area contributed by atoms with E-state index >= 15 is 0 Å². The first-order valence-corrected chi connectivity index (χ1v) is 7.95. The molecule has 0 radical (unpaired) electrons. The summed E-state index contributed by atoms with van der Waals surface area (Å²) in [6.45, 7) is 2.66. The first-order chi connectivity index (χ1) is 9.15. The van der Waals surface area contributed by atoms with Gasteiger partial charge in [0.2, 0.25) is 0 Å². The average molecular weight is 281 g/mol. The molecular formula is C14H23N3OS. The Morgan fingerprint density at radius 2 is 2.16 bits per heavy atom. The molecule has 0 atom stereocenters. The Bertz CT molecular complexity index is 424. The maximum absolute atomic E-state index is 12.4. The third-order valence-electron chi connectivity index (χ3n) is 4.21. The van der Waals surface area contributed by atoms with Crippen molar-refractivity contribution in [3.8, 4) is 0 Å². The van der Waals surface area contributed by atoms with Gasteiger partial charge in [-0.25, -0.2) is 4.98 Å². The highest BCUT2D eigenvalue weighted by Gasteiger charge is 2.27. The molecule has 0 aromatic carbocycles. The molecule has 0 spiro atoms. The van der Waals surface area contributed by atoms with Crippen LogP contribution in [0.4, 0.5) is 0 Å². The summed E-state index contributed by atoms with van der Waals surface area (Å²) in [5.41, 5.74) is 6.08. The van der Waals surface area contributed by atoms with E-state index < -0.39 is 0 Å². The van der Waals surface area contributed by atoms with Crippen molar-refractivity contribution in [1.82, 2.24) is 9.88 Å². The van der Waals surface area contributed by atoms with Crippen LogP contribution in [0.15, 0.2) is 5.38 Å². The molecule has 1 aromatic heterocycles. The molecule has 1 amide bonds. The maximum Gasteiger partial charge on any atom is 0.273 e. The van der Waals surface area contributed by atoms with Gasteiger partial charge in [0.25, 0.3) is 5.91 Å². The van der Waals surface area contributed by atoms with Crippen LogP contribution in [0.2, 0.25) is 0 Å². The molecule has 1 aromatic rings. The first-order valence-electron chi connectivity index (χ1n) is 7.07. The van der Waals surface area contributed by atoms with Crippen LogP contribution in [0.25, 0.3) is 0 Å². The number of carbonyl (C=O) groups is 1. The van der Waals surface area contributed by atoms with Gasteiger partial charge in [0, 0.05) is 25.0 Å². The van der Waals surface area contributed by atoms with Crippen molar-refractivity contribution in [3.05, 3.63) is 16.1 Å². The van der Waals surface area contributed by atoms with Gasteiger partial charge in [-0.1, -0.05) is 13.3 Å². The fourth-order valence-corrected chi connectivity index (χ4v) is 3.44. The number of thiazole rings is 1. The fourth-order valence-electron chi connectivity index (χ4n) is 2.79. The SMILES string of the molecule is CCC1CCC(N(C)C(=O)c2csc(CN)n2)CC1. The van der Waals surface area contributed by atoms with E-state index in [1.807, 2.05) is 17.3 Å². The zero-order chi connectivity index (χ0) is 13.8. The normalized spacial score (nSPS) is 23.3. The summed E-state index contributed by atoms with van der Waals surface area (Å²) in [4.78, 5) is 18.5. The van der Waals surface area contributed by atoms with Crippen LogP contribution in [-0.2, 0) is 6.54 Å². The van der Waals surface area contributed by atoms with Crippen molar-refractivity contribution >= 4 is 17.2 Å². The smallest absolute Gasteiger partial charge is 0.273 e. The van der Waals surface area contributed by atoms with E-state index in [1.165, 1.54) is 30.6 Å². The molecule has 0 bridgehead atoms. The summed E-state index contributed by atoms with van der Waals surface area (Å²) in [7, 11) is 1.90.